The molecule has 1 aromatic rings. The number of esters is 2. The van der Waals surface area contributed by atoms with Crippen LogP contribution in [0.15, 0.2) is 30.3 Å². The molecule has 1 unspecified atom stereocenters. The van der Waals surface area contributed by atoms with Gasteiger partial charge in [-0.05, 0) is 31.7 Å². The summed E-state index contributed by atoms with van der Waals surface area (Å²) >= 11 is 0. The van der Waals surface area contributed by atoms with E-state index in [1.807, 2.05) is 37.3 Å². The van der Waals surface area contributed by atoms with Crippen LogP contribution in [-0.2, 0) is 35.1 Å². The lowest BCUT2D eigenvalue weighted by molar-refractivity contribution is -0.161. The number of rotatable bonds is 18. The van der Waals surface area contributed by atoms with E-state index in [2.05, 4.69) is 0 Å². The average Bonchev–Trinajstić information content (AvgIpc) is 2.75. The normalized spacial score (nSPS) is 11.8. The Labute approximate surface area is 179 Å². The van der Waals surface area contributed by atoms with Crippen LogP contribution in [0, 0.1) is 0 Å². The predicted octanol–water partition coefficient (Wildman–Crippen LogP) is 3.77. The SMILES string of the molecule is CC(CCOCCO)OCOC(=O)CCCCCCCC(=O)OCc1ccccc1. The van der Waals surface area contributed by atoms with Crippen LogP contribution in [0.5, 0.6) is 0 Å². The molecule has 0 heterocycles. The summed E-state index contributed by atoms with van der Waals surface area (Å²) in [5.41, 5.74) is 0.990. The number of hydrogen-bond acceptors (Lipinski definition) is 7. The van der Waals surface area contributed by atoms with E-state index in [-0.39, 0.29) is 31.4 Å². The van der Waals surface area contributed by atoms with Crippen molar-refractivity contribution in [2.75, 3.05) is 26.6 Å². The quantitative estimate of drug-likeness (QED) is 0.218. The Morgan fingerprint density at radius 1 is 0.900 bits per heavy atom. The second kappa shape index (κ2) is 17.9. The Morgan fingerprint density at radius 3 is 2.20 bits per heavy atom. The van der Waals surface area contributed by atoms with Crippen LogP contribution in [0.25, 0.3) is 0 Å². The maximum atomic E-state index is 11.7. The summed E-state index contributed by atoms with van der Waals surface area (Å²) in [6.45, 7) is 2.98. The number of benzene rings is 1. The summed E-state index contributed by atoms with van der Waals surface area (Å²) in [7, 11) is 0. The minimum absolute atomic E-state index is 0.00808. The van der Waals surface area contributed by atoms with Gasteiger partial charge in [0, 0.05) is 19.4 Å². The zero-order chi connectivity index (χ0) is 21.9. The van der Waals surface area contributed by atoms with Crippen LogP contribution >= 0.6 is 0 Å². The van der Waals surface area contributed by atoms with Gasteiger partial charge >= 0.3 is 11.9 Å². The van der Waals surface area contributed by atoms with E-state index >= 15 is 0 Å². The molecular weight excluding hydrogens is 388 g/mol. The van der Waals surface area contributed by atoms with Crippen LogP contribution < -0.4 is 0 Å². The molecule has 0 saturated carbocycles. The molecule has 1 N–H and O–H groups in total. The first-order chi connectivity index (χ1) is 14.6. The molecule has 0 aliphatic rings. The highest BCUT2D eigenvalue weighted by Crippen LogP contribution is 2.10. The molecule has 0 amide bonds. The number of carbonyl (C=O) groups is 2. The Morgan fingerprint density at radius 2 is 1.53 bits per heavy atom. The number of carbonyl (C=O) groups excluding carboxylic acids is 2. The largest absolute Gasteiger partial charge is 0.461 e. The van der Waals surface area contributed by atoms with Gasteiger partial charge in [0.2, 0.25) is 0 Å². The molecule has 0 fully saturated rings. The van der Waals surface area contributed by atoms with Gasteiger partial charge in [-0.1, -0.05) is 49.6 Å². The second-order valence-electron chi connectivity index (χ2n) is 7.15. The van der Waals surface area contributed by atoms with E-state index in [0.717, 1.165) is 37.7 Å². The lowest BCUT2D eigenvalue weighted by Gasteiger charge is -2.13. The average molecular weight is 425 g/mol. The van der Waals surface area contributed by atoms with Crippen LogP contribution in [0.4, 0.5) is 0 Å². The van der Waals surface area contributed by atoms with E-state index in [9.17, 15) is 9.59 Å². The summed E-state index contributed by atoms with van der Waals surface area (Å²) in [5.74, 6) is -0.431. The molecule has 1 aromatic carbocycles. The smallest absolute Gasteiger partial charge is 0.307 e. The van der Waals surface area contributed by atoms with E-state index in [4.69, 9.17) is 24.1 Å². The van der Waals surface area contributed by atoms with Crippen molar-refractivity contribution in [3.63, 3.8) is 0 Å². The molecule has 0 bridgehead atoms. The van der Waals surface area contributed by atoms with E-state index < -0.39 is 0 Å². The number of aliphatic hydroxyl groups excluding tert-OH is 1. The van der Waals surface area contributed by atoms with Crippen molar-refractivity contribution in [3.05, 3.63) is 35.9 Å². The van der Waals surface area contributed by atoms with Crippen molar-refractivity contribution in [1.29, 1.82) is 0 Å². The molecule has 0 saturated heterocycles. The maximum Gasteiger partial charge on any atom is 0.307 e. The van der Waals surface area contributed by atoms with Crippen molar-refractivity contribution >= 4 is 11.9 Å². The van der Waals surface area contributed by atoms with Gasteiger partial charge in [-0.15, -0.1) is 0 Å². The van der Waals surface area contributed by atoms with Gasteiger partial charge in [-0.2, -0.15) is 0 Å². The van der Waals surface area contributed by atoms with Gasteiger partial charge in [-0.25, -0.2) is 0 Å². The highest BCUT2D eigenvalue weighted by atomic mass is 16.7. The van der Waals surface area contributed by atoms with Crippen molar-refractivity contribution in [2.45, 2.75) is 71.0 Å². The molecule has 0 radical (unpaired) electrons. The molecule has 1 rings (SSSR count). The third-order valence-electron chi connectivity index (χ3n) is 4.48. The van der Waals surface area contributed by atoms with Gasteiger partial charge in [0.1, 0.15) is 6.61 Å². The summed E-state index contributed by atoms with van der Waals surface area (Å²) in [6, 6.07) is 9.64. The topological polar surface area (TPSA) is 91.3 Å². The Balaban J connectivity index is 1.88. The van der Waals surface area contributed by atoms with E-state index in [1.165, 1.54) is 0 Å². The Kier molecular flexibility index (Phi) is 15.5. The van der Waals surface area contributed by atoms with E-state index in [1.54, 1.807) is 0 Å². The molecular formula is C23H36O7. The van der Waals surface area contributed by atoms with Crippen LogP contribution in [0.1, 0.15) is 63.9 Å². The summed E-state index contributed by atoms with van der Waals surface area (Å²) in [5, 5.41) is 8.61. The van der Waals surface area contributed by atoms with Gasteiger partial charge in [0.05, 0.1) is 19.3 Å². The fourth-order valence-electron chi connectivity index (χ4n) is 2.67. The third-order valence-corrected chi connectivity index (χ3v) is 4.48. The molecule has 0 aliphatic heterocycles. The highest BCUT2D eigenvalue weighted by molar-refractivity contribution is 5.69. The summed E-state index contributed by atoms with van der Waals surface area (Å²) in [4.78, 5) is 23.4. The Bertz CT molecular complexity index is 562. The predicted molar refractivity (Wildman–Crippen MR) is 113 cm³/mol. The monoisotopic (exact) mass is 424 g/mol. The maximum absolute atomic E-state index is 11.7. The molecule has 30 heavy (non-hydrogen) atoms. The second-order valence-corrected chi connectivity index (χ2v) is 7.15. The zero-order valence-electron chi connectivity index (χ0n) is 18.1. The van der Waals surface area contributed by atoms with E-state index in [0.29, 0.717) is 39.1 Å². The lowest BCUT2D eigenvalue weighted by atomic mass is 10.1. The van der Waals surface area contributed by atoms with Gasteiger partial charge < -0.3 is 24.1 Å². The molecule has 7 heteroatoms. The van der Waals surface area contributed by atoms with Crippen molar-refractivity contribution in [2.24, 2.45) is 0 Å². The first kappa shape index (κ1) is 26.1. The molecule has 170 valence electrons. The third kappa shape index (κ3) is 15.0. The van der Waals surface area contributed by atoms with Crippen LogP contribution in [-0.4, -0.2) is 49.8 Å². The summed E-state index contributed by atoms with van der Waals surface area (Å²) in [6.07, 6.45) is 5.80. The first-order valence-corrected chi connectivity index (χ1v) is 10.8. The molecule has 0 spiro atoms. The number of hydrogen-bond donors (Lipinski definition) is 1. The number of aliphatic hydroxyl groups is 1. The minimum Gasteiger partial charge on any atom is -0.461 e. The van der Waals surface area contributed by atoms with Gasteiger partial charge in [-0.3, -0.25) is 9.59 Å². The van der Waals surface area contributed by atoms with Crippen molar-refractivity contribution in [3.8, 4) is 0 Å². The fourth-order valence-corrected chi connectivity index (χ4v) is 2.67. The van der Waals surface area contributed by atoms with Crippen LogP contribution in [0.2, 0.25) is 0 Å². The Hall–Kier alpha value is -1.96. The van der Waals surface area contributed by atoms with Gasteiger partial charge in [0.25, 0.3) is 0 Å². The lowest BCUT2D eigenvalue weighted by Crippen LogP contribution is -2.16. The van der Waals surface area contributed by atoms with Gasteiger partial charge in [0.15, 0.2) is 6.79 Å². The number of unbranched alkanes of at least 4 members (excludes halogenated alkanes) is 4. The number of ether oxygens (including phenoxy) is 4. The minimum atomic E-state index is -0.261. The molecule has 0 aliphatic carbocycles. The fraction of sp³-hybridized carbons (Fsp3) is 0.652. The molecule has 7 nitrogen and oxygen atoms in total. The summed E-state index contributed by atoms with van der Waals surface area (Å²) < 4.78 is 20.9. The zero-order valence-corrected chi connectivity index (χ0v) is 18.1. The standard InChI is InChI=1S/C23H36O7/c1-20(14-16-27-17-15-24)29-19-30-23(26)13-9-4-2-3-8-12-22(25)28-18-21-10-6-5-7-11-21/h5-7,10-11,20,24H,2-4,8-9,12-19H2,1H3. The molecule has 0 aromatic heterocycles. The van der Waals surface area contributed by atoms with Crippen molar-refractivity contribution in [1.82, 2.24) is 0 Å². The van der Waals surface area contributed by atoms with Crippen LogP contribution in [0.3, 0.4) is 0 Å². The highest BCUT2D eigenvalue weighted by Gasteiger charge is 2.07. The first-order valence-electron chi connectivity index (χ1n) is 10.8. The molecule has 1 atom stereocenters. The van der Waals surface area contributed by atoms with Crippen molar-refractivity contribution < 1.29 is 33.6 Å².